The summed E-state index contributed by atoms with van der Waals surface area (Å²) in [6.45, 7) is 6.77. The van der Waals surface area contributed by atoms with Gasteiger partial charge in [0.05, 0.1) is 0 Å². The lowest BCUT2D eigenvalue weighted by Crippen LogP contribution is -3.98. The van der Waals surface area contributed by atoms with E-state index in [-0.39, 0.29) is 0 Å². The van der Waals surface area contributed by atoms with Crippen LogP contribution in [0.1, 0.15) is 52.4 Å². The third kappa shape index (κ3) is 14.1. The Hall–Kier alpha value is -0.110. The van der Waals surface area contributed by atoms with Gasteiger partial charge in [0.1, 0.15) is 0 Å². The maximum Gasteiger partial charge on any atom is 0.503 e. The molecule has 0 fully saturated rings. The normalized spacial score (nSPS) is 14.2. The van der Waals surface area contributed by atoms with Crippen molar-refractivity contribution in [3.63, 3.8) is 0 Å². The monoisotopic (exact) mass is 383 g/mol. The Labute approximate surface area is 125 Å². The average molecular weight is 383 g/mol. The van der Waals surface area contributed by atoms with Gasteiger partial charge >= 0.3 is 21.1 Å². The van der Waals surface area contributed by atoms with Crippen molar-refractivity contribution in [1.29, 1.82) is 0 Å². The van der Waals surface area contributed by atoms with Gasteiger partial charge < -0.3 is 11.8 Å². The van der Waals surface area contributed by atoms with Crippen LogP contribution >= 0.6 is 0 Å². The zero-order valence-electron chi connectivity index (χ0n) is 12.0. The topological polar surface area (TPSA) is 69.6 Å². The summed E-state index contributed by atoms with van der Waals surface area (Å²) in [5, 5.41) is 0. The molecule has 0 unspecified atom stereocenters. The van der Waals surface area contributed by atoms with Crippen molar-refractivity contribution in [2.75, 3.05) is 13.1 Å². The highest BCUT2D eigenvalue weighted by atomic mass is 127. The fraction of sp³-hybridized carbons (Fsp3) is 0.714. The smallest absolute Gasteiger partial charge is 0.396 e. The van der Waals surface area contributed by atoms with E-state index in [0.717, 1.165) is 6.54 Å². The second kappa shape index (κ2) is 12.9. The molecule has 4 nitrogen and oxygen atoms in total. The molecule has 1 rings (SSSR count). The molecule has 1 aliphatic rings. The van der Waals surface area contributed by atoms with Gasteiger partial charge in [-0.3, -0.25) is 0 Å². The lowest BCUT2D eigenvalue weighted by Gasteiger charge is -2.21. The Bertz CT molecular complexity index is 265. The van der Waals surface area contributed by atoms with Gasteiger partial charge in [0, 0.05) is 13.1 Å². The minimum Gasteiger partial charge on any atom is -0.396 e. The highest BCUT2D eigenvalue weighted by molar-refractivity contribution is 5.19. The molecule has 0 amide bonds. The number of rotatable bonds is 7. The van der Waals surface area contributed by atoms with Gasteiger partial charge in [0.25, 0.3) is 0 Å². The number of hydrogen-bond acceptors (Lipinski definition) is 4. The van der Waals surface area contributed by atoms with E-state index in [1.807, 2.05) is 0 Å². The summed E-state index contributed by atoms with van der Waals surface area (Å²) in [6.07, 6.45) is 15.1. The molecule has 1 aliphatic heterocycles. The molecule has 19 heavy (non-hydrogen) atoms. The lowest BCUT2D eigenvalue weighted by molar-refractivity contribution is -1.63. The van der Waals surface area contributed by atoms with E-state index in [1.165, 1.54) is 50.6 Å². The summed E-state index contributed by atoms with van der Waals surface area (Å²) in [6, 6.07) is 0. The molecule has 0 aliphatic carbocycles. The molecule has 0 aromatic heterocycles. The van der Waals surface area contributed by atoms with Crippen molar-refractivity contribution in [2.24, 2.45) is 0 Å². The van der Waals surface area contributed by atoms with Crippen LogP contribution in [0.4, 0.5) is 0 Å². The second-order valence-corrected chi connectivity index (χ2v) is 5.87. The van der Waals surface area contributed by atoms with Crippen molar-refractivity contribution < 1.29 is 31.4 Å². The predicted octanol–water partition coefficient (Wildman–Crippen LogP) is -1.81. The van der Waals surface area contributed by atoms with Gasteiger partial charge in [-0.1, -0.05) is 50.7 Å². The molecule has 1 heterocycles. The summed E-state index contributed by atoms with van der Waals surface area (Å²) in [7, 11) is 0. The van der Waals surface area contributed by atoms with Crippen molar-refractivity contribution in [1.82, 2.24) is 4.90 Å². The van der Waals surface area contributed by atoms with Gasteiger partial charge in [-0.15, -0.1) is 0 Å². The van der Waals surface area contributed by atoms with Gasteiger partial charge in [0.15, 0.2) is 0 Å². The first kappa shape index (κ1) is 18.9. The first-order valence-corrected chi connectivity index (χ1v) is 9.62. The van der Waals surface area contributed by atoms with E-state index in [0.29, 0.717) is 0 Å². The molecular formula is C14H26INO3. The van der Waals surface area contributed by atoms with Gasteiger partial charge in [-0.05, 0) is 29.1 Å². The number of allylic oxidation sites excluding steroid dienone is 2. The number of nitrogens with zero attached hydrogens (tertiary/aromatic N) is 1. The molecular weight excluding hydrogens is 357 g/mol. The summed E-state index contributed by atoms with van der Waals surface area (Å²) >= 11 is -3.76. The maximum absolute atomic E-state index is 8.68. The molecule has 1 N–H and O–H groups in total. The van der Waals surface area contributed by atoms with Crippen LogP contribution in [0.25, 0.3) is 0 Å². The van der Waals surface area contributed by atoms with Crippen LogP contribution in [0.3, 0.4) is 0 Å². The fourth-order valence-corrected chi connectivity index (χ4v) is 1.87. The van der Waals surface area contributed by atoms with E-state index in [9.17, 15) is 0 Å². The van der Waals surface area contributed by atoms with E-state index in [4.69, 9.17) is 10.3 Å². The molecule has 0 aromatic carbocycles. The van der Waals surface area contributed by atoms with Crippen LogP contribution in [0.15, 0.2) is 23.9 Å². The van der Waals surface area contributed by atoms with Crippen molar-refractivity contribution in [3.05, 3.63) is 23.9 Å². The molecule has 0 saturated heterocycles. The number of unbranched alkanes of at least 4 members (excludes halogenated alkanes) is 5. The third-order valence-corrected chi connectivity index (χ3v) is 2.99. The standard InChI is InChI=1S/C14H25N.HIO3/c1-3-4-5-6-7-8-11-15-12-9-14(2)10-13-15;2-1(3)4/h9-10,12H,3-8,11,13H2,1-2H3;2H. The Balaban J connectivity index is 0.000000711. The first-order chi connectivity index (χ1) is 9.06. The quantitative estimate of drug-likeness (QED) is 0.416. The second-order valence-electron chi connectivity index (χ2n) is 4.73. The molecule has 0 saturated carbocycles. The zero-order chi connectivity index (χ0) is 14.5. The maximum atomic E-state index is 8.68. The van der Waals surface area contributed by atoms with Gasteiger partial charge in [0.2, 0.25) is 0 Å². The molecule has 0 bridgehead atoms. The van der Waals surface area contributed by atoms with Gasteiger partial charge in [-0.25, -0.2) is 0 Å². The van der Waals surface area contributed by atoms with Crippen molar-refractivity contribution in [3.8, 4) is 0 Å². The van der Waals surface area contributed by atoms with E-state index in [2.05, 4.69) is 37.1 Å². The minimum atomic E-state index is -3.76. The molecule has 0 atom stereocenters. The van der Waals surface area contributed by atoms with Crippen LogP contribution in [0.5, 0.6) is 0 Å². The molecule has 112 valence electrons. The Morgan fingerprint density at radius 1 is 1.21 bits per heavy atom. The van der Waals surface area contributed by atoms with Crippen molar-refractivity contribution in [2.45, 2.75) is 52.4 Å². The number of halogens is 1. The van der Waals surface area contributed by atoms with E-state index >= 15 is 0 Å². The highest BCUT2D eigenvalue weighted by Crippen LogP contribution is 2.09. The van der Waals surface area contributed by atoms with Crippen molar-refractivity contribution >= 4 is 0 Å². The lowest BCUT2D eigenvalue weighted by atomic mass is 10.1. The SMILES string of the molecule is CCCCCCCCN1C=CC(C)=CC1.[O-][I+2]([O-])O. The third-order valence-electron chi connectivity index (χ3n) is 2.99. The van der Waals surface area contributed by atoms with Crippen LogP contribution in [0.2, 0.25) is 0 Å². The Morgan fingerprint density at radius 3 is 2.32 bits per heavy atom. The first-order valence-electron chi connectivity index (χ1n) is 6.89. The van der Waals surface area contributed by atoms with E-state index in [1.54, 1.807) is 0 Å². The van der Waals surface area contributed by atoms with Crippen LogP contribution < -0.4 is 27.9 Å². The summed E-state index contributed by atoms with van der Waals surface area (Å²) in [5.41, 5.74) is 1.40. The summed E-state index contributed by atoms with van der Waals surface area (Å²) in [4.78, 5) is 2.41. The van der Waals surface area contributed by atoms with Crippen LogP contribution in [-0.2, 0) is 0 Å². The highest BCUT2D eigenvalue weighted by Gasteiger charge is 2.01. The summed E-state index contributed by atoms with van der Waals surface area (Å²) < 4.78 is 24.5. The van der Waals surface area contributed by atoms with Crippen LogP contribution in [-0.4, -0.2) is 21.4 Å². The molecule has 5 heteroatoms. The molecule has 0 spiro atoms. The van der Waals surface area contributed by atoms with Crippen LogP contribution in [0, 0.1) is 0 Å². The minimum absolute atomic E-state index is 1.11. The Morgan fingerprint density at radius 2 is 1.79 bits per heavy atom. The molecule has 0 radical (unpaired) electrons. The average Bonchev–Trinajstić information content (AvgIpc) is 2.35. The molecule has 0 aromatic rings. The van der Waals surface area contributed by atoms with Gasteiger partial charge in [-0.2, -0.15) is 0 Å². The fourth-order valence-electron chi connectivity index (χ4n) is 1.87. The number of hydrogen-bond donors (Lipinski definition) is 1. The Kier molecular flexibility index (Phi) is 12.8. The predicted molar refractivity (Wildman–Crippen MR) is 70.1 cm³/mol. The van der Waals surface area contributed by atoms with E-state index < -0.39 is 21.1 Å². The summed E-state index contributed by atoms with van der Waals surface area (Å²) in [5.74, 6) is 0. The zero-order valence-corrected chi connectivity index (χ0v) is 14.1. The largest absolute Gasteiger partial charge is 0.503 e.